The van der Waals surface area contributed by atoms with E-state index in [0.29, 0.717) is 38.2 Å². The Labute approximate surface area is 178 Å². The maximum atomic E-state index is 13.0. The maximum absolute atomic E-state index is 13.0. The molecule has 1 aliphatic rings. The number of methoxy groups -OCH3 is 1. The topological polar surface area (TPSA) is 88.6 Å². The Morgan fingerprint density at radius 1 is 1.23 bits per heavy atom. The lowest BCUT2D eigenvalue weighted by atomic mass is 9.82. The first-order valence-corrected chi connectivity index (χ1v) is 11.7. The molecule has 2 aromatic rings. The second-order valence-corrected chi connectivity index (χ2v) is 9.54. The number of benzene rings is 1. The number of carbonyl (C=O) groups is 1. The summed E-state index contributed by atoms with van der Waals surface area (Å²) in [7, 11) is -2.01. The summed E-state index contributed by atoms with van der Waals surface area (Å²) in [5.74, 6) is 0.937. The van der Waals surface area contributed by atoms with Crippen molar-refractivity contribution >= 4 is 15.9 Å². The van der Waals surface area contributed by atoms with Crippen molar-refractivity contribution in [2.24, 2.45) is 11.8 Å². The molecule has 2 unspecified atom stereocenters. The third-order valence-electron chi connectivity index (χ3n) is 5.74. The van der Waals surface area contributed by atoms with Gasteiger partial charge in [-0.3, -0.25) is 9.78 Å². The van der Waals surface area contributed by atoms with Crippen molar-refractivity contribution < 1.29 is 17.9 Å². The SMILES string of the molecule is CCC1CN(S(=O)(=O)c2ccc(OC)cc2)CCC1CC(=O)NCc1cccnc1. The monoisotopic (exact) mass is 431 g/mol. The van der Waals surface area contributed by atoms with E-state index in [2.05, 4.69) is 17.2 Å². The molecule has 7 nitrogen and oxygen atoms in total. The Hall–Kier alpha value is -2.45. The van der Waals surface area contributed by atoms with Crippen molar-refractivity contribution in [2.75, 3.05) is 20.2 Å². The molecular formula is C22H29N3O4S. The number of rotatable bonds is 8. The van der Waals surface area contributed by atoms with Crippen molar-refractivity contribution in [3.05, 3.63) is 54.4 Å². The first-order valence-electron chi connectivity index (χ1n) is 10.2. The van der Waals surface area contributed by atoms with Crippen LogP contribution in [0.4, 0.5) is 0 Å². The maximum Gasteiger partial charge on any atom is 0.243 e. The van der Waals surface area contributed by atoms with Crippen LogP contribution in [0.2, 0.25) is 0 Å². The molecule has 162 valence electrons. The molecule has 8 heteroatoms. The molecular weight excluding hydrogens is 402 g/mol. The molecule has 1 N–H and O–H groups in total. The van der Waals surface area contributed by atoms with E-state index in [1.54, 1.807) is 48.1 Å². The number of nitrogens with one attached hydrogen (secondary N) is 1. The summed E-state index contributed by atoms with van der Waals surface area (Å²) in [5, 5.41) is 2.95. The Morgan fingerprint density at radius 3 is 2.63 bits per heavy atom. The first-order chi connectivity index (χ1) is 14.4. The number of hydrogen-bond acceptors (Lipinski definition) is 5. The van der Waals surface area contributed by atoms with Gasteiger partial charge in [0.2, 0.25) is 15.9 Å². The van der Waals surface area contributed by atoms with Gasteiger partial charge < -0.3 is 10.1 Å². The van der Waals surface area contributed by atoms with Gasteiger partial charge in [-0.25, -0.2) is 8.42 Å². The molecule has 1 fully saturated rings. The number of nitrogens with zero attached hydrogens (tertiary/aromatic N) is 2. The zero-order valence-corrected chi connectivity index (χ0v) is 18.3. The lowest BCUT2D eigenvalue weighted by Crippen LogP contribution is -2.44. The second kappa shape index (κ2) is 10.0. The van der Waals surface area contributed by atoms with Crippen LogP contribution in [0.5, 0.6) is 5.75 Å². The van der Waals surface area contributed by atoms with Crippen molar-refractivity contribution in [2.45, 2.75) is 37.6 Å². The molecule has 0 bridgehead atoms. The van der Waals surface area contributed by atoms with Crippen LogP contribution in [0.15, 0.2) is 53.7 Å². The van der Waals surface area contributed by atoms with E-state index in [1.807, 2.05) is 12.1 Å². The minimum absolute atomic E-state index is 0.00577. The molecule has 3 rings (SSSR count). The van der Waals surface area contributed by atoms with Gasteiger partial charge in [0.05, 0.1) is 12.0 Å². The highest BCUT2D eigenvalue weighted by Crippen LogP contribution is 2.32. The average Bonchev–Trinajstić information content (AvgIpc) is 2.78. The van der Waals surface area contributed by atoms with Crippen LogP contribution in [0.1, 0.15) is 31.7 Å². The predicted octanol–water partition coefficient (Wildman–Crippen LogP) is 2.83. The number of amides is 1. The van der Waals surface area contributed by atoms with Crippen LogP contribution >= 0.6 is 0 Å². The Kier molecular flexibility index (Phi) is 7.44. The van der Waals surface area contributed by atoms with Gasteiger partial charge in [0.15, 0.2) is 0 Å². The Bertz CT molecular complexity index is 933. The number of ether oxygens (including phenoxy) is 1. The molecule has 1 aromatic heterocycles. The summed E-state index contributed by atoms with van der Waals surface area (Å²) in [6.07, 6.45) is 5.35. The van der Waals surface area contributed by atoms with Crippen LogP contribution in [0.25, 0.3) is 0 Å². The standard InChI is InChI=1S/C22H29N3O4S/c1-3-18-16-25(30(27,28)21-8-6-20(29-2)7-9-21)12-10-19(18)13-22(26)24-15-17-5-4-11-23-14-17/h4-9,11,14,18-19H,3,10,12-13,15-16H2,1-2H3,(H,24,26). The Morgan fingerprint density at radius 2 is 2.00 bits per heavy atom. The number of aromatic nitrogens is 1. The molecule has 1 saturated heterocycles. The molecule has 0 aliphatic carbocycles. The summed E-state index contributed by atoms with van der Waals surface area (Å²) < 4.78 is 32.7. The zero-order valence-electron chi connectivity index (χ0n) is 17.5. The number of sulfonamides is 1. The molecule has 0 radical (unpaired) electrons. The fourth-order valence-electron chi connectivity index (χ4n) is 3.91. The van der Waals surface area contributed by atoms with E-state index in [-0.39, 0.29) is 22.6 Å². The van der Waals surface area contributed by atoms with Gasteiger partial charge in [-0.2, -0.15) is 4.31 Å². The van der Waals surface area contributed by atoms with Gasteiger partial charge in [0.1, 0.15) is 5.75 Å². The summed E-state index contributed by atoms with van der Waals surface area (Å²) in [6.45, 7) is 3.36. The third kappa shape index (κ3) is 5.37. The molecule has 1 aliphatic heterocycles. The van der Waals surface area contributed by atoms with Crippen LogP contribution < -0.4 is 10.1 Å². The highest BCUT2D eigenvalue weighted by Gasteiger charge is 2.35. The fourth-order valence-corrected chi connectivity index (χ4v) is 5.42. The zero-order chi connectivity index (χ0) is 21.6. The van der Waals surface area contributed by atoms with E-state index in [0.717, 1.165) is 12.0 Å². The molecule has 2 atom stereocenters. The van der Waals surface area contributed by atoms with E-state index >= 15 is 0 Å². The van der Waals surface area contributed by atoms with Crippen molar-refractivity contribution in [3.8, 4) is 5.75 Å². The minimum atomic E-state index is -3.56. The van der Waals surface area contributed by atoms with Gasteiger partial charge in [-0.05, 0) is 54.2 Å². The molecule has 1 amide bonds. The predicted molar refractivity (Wildman–Crippen MR) is 114 cm³/mol. The van der Waals surface area contributed by atoms with Crippen LogP contribution in [-0.4, -0.2) is 43.8 Å². The van der Waals surface area contributed by atoms with Crippen molar-refractivity contribution in [1.82, 2.24) is 14.6 Å². The third-order valence-corrected chi connectivity index (χ3v) is 7.62. The lowest BCUT2D eigenvalue weighted by molar-refractivity contribution is -0.122. The Balaban J connectivity index is 1.59. The van der Waals surface area contributed by atoms with E-state index in [1.165, 1.54) is 0 Å². The number of hydrogen-bond donors (Lipinski definition) is 1. The summed E-state index contributed by atoms with van der Waals surface area (Å²) in [4.78, 5) is 16.7. The highest BCUT2D eigenvalue weighted by atomic mass is 32.2. The molecule has 30 heavy (non-hydrogen) atoms. The van der Waals surface area contributed by atoms with Gasteiger partial charge in [-0.1, -0.05) is 19.4 Å². The molecule has 2 heterocycles. The smallest absolute Gasteiger partial charge is 0.243 e. The fraction of sp³-hybridized carbons (Fsp3) is 0.455. The molecule has 0 saturated carbocycles. The van der Waals surface area contributed by atoms with Gasteiger partial charge in [0, 0.05) is 38.4 Å². The number of carbonyl (C=O) groups excluding carboxylic acids is 1. The number of piperidine rings is 1. The van der Waals surface area contributed by atoms with E-state index in [9.17, 15) is 13.2 Å². The van der Waals surface area contributed by atoms with Crippen molar-refractivity contribution in [3.63, 3.8) is 0 Å². The highest BCUT2D eigenvalue weighted by molar-refractivity contribution is 7.89. The van der Waals surface area contributed by atoms with Gasteiger partial charge in [-0.15, -0.1) is 0 Å². The second-order valence-electron chi connectivity index (χ2n) is 7.60. The van der Waals surface area contributed by atoms with Crippen LogP contribution in [0.3, 0.4) is 0 Å². The normalized spacial score (nSPS) is 19.9. The van der Waals surface area contributed by atoms with E-state index < -0.39 is 10.0 Å². The van der Waals surface area contributed by atoms with Crippen LogP contribution in [0, 0.1) is 11.8 Å². The van der Waals surface area contributed by atoms with Gasteiger partial charge in [0.25, 0.3) is 0 Å². The van der Waals surface area contributed by atoms with E-state index in [4.69, 9.17) is 4.74 Å². The minimum Gasteiger partial charge on any atom is -0.497 e. The molecule has 1 aromatic carbocycles. The quantitative estimate of drug-likeness (QED) is 0.694. The van der Waals surface area contributed by atoms with Crippen molar-refractivity contribution in [1.29, 1.82) is 0 Å². The van der Waals surface area contributed by atoms with Crippen LogP contribution in [-0.2, 0) is 21.4 Å². The average molecular weight is 432 g/mol. The number of pyridine rings is 1. The molecule has 0 spiro atoms. The summed E-state index contributed by atoms with van der Waals surface area (Å²) in [5.41, 5.74) is 0.957. The largest absolute Gasteiger partial charge is 0.497 e. The lowest BCUT2D eigenvalue weighted by Gasteiger charge is -2.37. The van der Waals surface area contributed by atoms with Gasteiger partial charge >= 0.3 is 0 Å². The first kappa shape index (κ1) is 22.2. The summed E-state index contributed by atoms with van der Waals surface area (Å²) in [6, 6.07) is 10.2. The summed E-state index contributed by atoms with van der Waals surface area (Å²) >= 11 is 0.